The third-order valence-corrected chi connectivity index (χ3v) is 8.80. The van der Waals surface area contributed by atoms with Crippen molar-refractivity contribution in [2.45, 2.75) is 23.5 Å². The molecule has 1 heterocycles. The summed E-state index contributed by atoms with van der Waals surface area (Å²) < 4.78 is 11.2. The van der Waals surface area contributed by atoms with Gasteiger partial charge < -0.3 is 20.1 Å². The summed E-state index contributed by atoms with van der Waals surface area (Å²) in [6.45, 7) is 1.94. The first-order chi connectivity index (χ1) is 23.2. The van der Waals surface area contributed by atoms with Gasteiger partial charge in [0.1, 0.15) is 11.4 Å². The molecule has 4 amide bonds. The molecular weight excluding hydrogens is 698 g/mol. The Bertz CT molecular complexity index is 1900. The van der Waals surface area contributed by atoms with Crippen LogP contribution in [0.5, 0.6) is 5.75 Å². The number of anilines is 2. The average molecular weight is 729 g/mol. The van der Waals surface area contributed by atoms with Crippen LogP contribution in [0.1, 0.15) is 39.6 Å². The second-order valence-corrected chi connectivity index (χ2v) is 12.6. The zero-order chi connectivity index (χ0) is 34.2. The molecule has 1 saturated heterocycles. The predicted octanol–water partition coefficient (Wildman–Crippen LogP) is 6.47. The van der Waals surface area contributed by atoms with Crippen LogP contribution < -0.4 is 20.3 Å². The number of methoxy groups -OCH3 is 1. The van der Waals surface area contributed by atoms with Gasteiger partial charge in [-0.05, 0) is 85.8 Å². The zero-order valence-electron chi connectivity index (χ0n) is 25.9. The molecule has 0 aromatic heterocycles. The lowest BCUT2D eigenvalue weighted by Crippen LogP contribution is -2.31. The summed E-state index contributed by atoms with van der Waals surface area (Å²) in [7, 11) is 1.51. The summed E-state index contributed by atoms with van der Waals surface area (Å²) in [5.74, 6) is -1.81. The number of hydrogen-bond acceptors (Lipinski definition) is 8. The minimum Gasteiger partial charge on any atom is -0.496 e. The van der Waals surface area contributed by atoms with Crippen molar-refractivity contribution in [3.05, 3.63) is 124 Å². The Kier molecular flexibility index (Phi) is 11.1. The van der Waals surface area contributed by atoms with Gasteiger partial charge in [0.2, 0.25) is 11.8 Å². The highest BCUT2D eigenvalue weighted by Gasteiger charge is 2.40. The largest absolute Gasteiger partial charge is 0.496 e. The lowest BCUT2D eigenvalue weighted by molar-refractivity contribution is -0.121. The molecule has 0 radical (unpaired) electrons. The van der Waals surface area contributed by atoms with Crippen molar-refractivity contribution >= 4 is 74.7 Å². The molecule has 0 bridgehead atoms. The Hall–Kier alpha value is -5.20. The minimum absolute atomic E-state index is 0.0212. The molecule has 48 heavy (non-hydrogen) atoms. The Labute approximate surface area is 289 Å². The number of hydrogen-bond donors (Lipinski definition) is 2. The number of imide groups is 1. The van der Waals surface area contributed by atoms with E-state index in [2.05, 4.69) is 26.6 Å². The van der Waals surface area contributed by atoms with Crippen molar-refractivity contribution in [3.63, 3.8) is 0 Å². The number of rotatable bonds is 11. The van der Waals surface area contributed by atoms with Crippen LogP contribution in [0, 0.1) is 0 Å². The third-order valence-electron chi connectivity index (χ3n) is 7.13. The molecular formula is C36H30BrN3O7S. The van der Waals surface area contributed by atoms with Crippen molar-refractivity contribution in [2.24, 2.45) is 0 Å². The Morgan fingerprint density at radius 2 is 1.69 bits per heavy atom. The van der Waals surface area contributed by atoms with E-state index in [0.29, 0.717) is 38.7 Å². The highest BCUT2D eigenvalue weighted by molar-refractivity contribution is 9.10. The molecule has 1 fully saturated rings. The molecule has 0 unspecified atom stereocenters. The maximum Gasteiger partial charge on any atom is 0.338 e. The number of ether oxygens (including phenoxy) is 2. The van der Waals surface area contributed by atoms with Crippen molar-refractivity contribution < 1.29 is 33.4 Å². The smallest absolute Gasteiger partial charge is 0.338 e. The summed E-state index contributed by atoms with van der Waals surface area (Å²) >= 11 is 4.63. The molecule has 1 atom stereocenters. The normalized spacial score (nSPS) is 14.4. The fourth-order valence-electron chi connectivity index (χ4n) is 4.85. The van der Waals surface area contributed by atoms with Crippen LogP contribution in [-0.4, -0.2) is 48.6 Å². The first-order valence-corrected chi connectivity index (χ1v) is 16.5. The standard InChI is InChI=1S/C36H30BrN3O7S/c1-3-47-36(45)23-12-15-27(16-13-23)40-32(41)21-31(35(40)44)48-28-11-7-10-26(20-28)38-34(43)29(39-33(42)22-8-5-4-6-9-22)19-24-18-25(37)14-17-30(24)46-2/h4-20,31H,3,21H2,1-2H3,(H,38,43)(H,39,42)/b29-19-/t31-/m0/s1. The monoisotopic (exact) mass is 727 g/mol. The second-order valence-electron chi connectivity index (χ2n) is 10.4. The van der Waals surface area contributed by atoms with Gasteiger partial charge in [0.25, 0.3) is 11.8 Å². The summed E-state index contributed by atoms with van der Waals surface area (Å²) in [6, 6.07) is 26.8. The highest BCUT2D eigenvalue weighted by Crippen LogP contribution is 2.35. The lowest BCUT2D eigenvalue weighted by Gasteiger charge is -2.16. The van der Waals surface area contributed by atoms with E-state index in [1.807, 2.05) is 0 Å². The maximum absolute atomic E-state index is 13.6. The van der Waals surface area contributed by atoms with E-state index in [1.165, 1.54) is 49.2 Å². The zero-order valence-corrected chi connectivity index (χ0v) is 28.3. The second kappa shape index (κ2) is 15.6. The molecule has 4 aromatic carbocycles. The van der Waals surface area contributed by atoms with Gasteiger partial charge in [0.05, 0.1) is 30.2 Å². The number of nitrogens with one attached hydrogen (secondary N) is 2. The lowest BCUT2D eigenvalue weighted by atomic mass is 10.1. The summed E-state index contributed by atoms with van der Waals surface area (Å²) in [4.78, 5) is 66.7. The van der Waals surface area contributed by atoms with Crippen LogP contribution in [0.3, 0.4) is 0 Å². The molecule has 12 heteroatoms. The van der Waals surface area contributed by atoms with Crippen molar-refractivity contribution in [2.75, 3.05) is 23.9 Å². The summed E-state index contributed by atoms with van der Waals surface area (Å²) in [6.07, 6.45) is 1.50. The number of halogens is 1. The number of thioether (sulfide) groups is 1. The van der Waals surface area contributed by atoms with E-state index in [4.69, 9.17) is 9.47 Å². The van der Waals surface area contributed by atoms with Gasteiger partial charge in [-0.25, -0.2) is 9.69 Å². The van der Waals surface area contributed by atoms with E-state index in [-0.39, 0.29) is 30.5 Å². The van der Waals surface area contributed by atoms with Crippen LogP contribution in [0.2, 0.25) is 0 Å². The van der Waals surface area contributed by atoms with E-state index in [1.54, 1.807) is 79.7 Å². The number of benzene rings is 4. The molecule has 1 aliphatic rings. The van der Waals surface area contributed by atoms with E-state index >= 15 is 0 Å². The van der Waals surface area contributed by atoms with Gasteiger partial charge in [-0.1, -0.05) is 40.2 Å². The van der Waals surface area contributed by atoms with E-state index in [9.17, 15) is 24.0 Å². The third kappa shape index (κ3) is 8.20. The topological polar surface area (TPSA) is 131 Å². The minimum atomic E-state index is -0.696. The fourth-order valence-corrected chi connectivity index (χ4v) is 6.35. The number of amides is 4. The molecule has 0 spiro atoms. The first kappa shape index (κ1) is 34.1. The predicted molar refractivity (Wildman–Crippen MR) is 187 cm³/mol. The van der Waals surface area contributed by atoms with Gasteiger partial charge in [0, 0.05) is 32.6 Å². The van der Waals surface area contributed by atoms with Gasteiger partial charge in [-0.2, -0.15) is 0 Å². The van der Waals surface area contributed by atoms with Crippen molar-refractivity contribution in [1.29, 1.82) is 0 Å². The van der Waals surface area contributed by atoms with Gasteiger partial charge in [-0.15, -0.1) is 11.8 Å². The Morgan fingerprint density at radius 3 is 2.40 bits per heavy atom. The SMILES string of the molecule is CCOC(=O)c1ccc(N2C(=O)C[C@H](Sc3cccc(NC(=O)/C(=C/c4cc(Br)ccc4OC)NC(=O)c4ccccc4)c3)C2=O)cc1. The Balaban J connectivity index is 1.33. The quantitative estimate of drug-likeness (QED) is 0.102. The molecule has 0 saturated carbocycles. The number of carbonyl (C=O) groups is 5. The maximum atomic E-state index is 13.6. The number of nitrogens with zero attached hydrogens (tertiary/aromatic N) is 1. The molecule has 1 aliphatic heterocycles. The van der Waals surface area contributed by atoms with E-state index < -0.39 is 23.0 Å². The van der Waals surface area contributed by atoms with Crippen molar-refractivity contribution in [1.82, 2.24) is 5.32 Å². The van der Waals surface area contributed by atoms with Gasteiger partial charge in [0.15, 0.2) is 0 Å². The number of carbonyl (C=O) groups excluding carboxylic acids is 5. The molecule has 0 aliphatic carbocycles. The van der Waals surface area contributed by atoms with Crippen LogP contribution in [0.4, 0.5) is 11.4 Å². The molecule has 244 valence electrons. The molecule has 10 nitrogen and oxygen atoms in total. The molecule has 4 aromatic rings. The van der Waals surface area contributed by atoms with Crippen LogP contribution in [0.15, 0.2) is 112 Å². The summed E-state index contributed by atoms with van der Waals surface area (Å²) in [5.41, 5.74) is 1.99. The fraction of sp³-hybridized carbons (Fsp3) is 0.139. The first-order valence-electron chi connectivity index (χ1n) is 14.8. The van der Waals surface area contributed by atoms with Gasteiger partial charge in [-0.3, -0.25) is 19.2 Å². The Morgan fingerprint density at radius 1 is 0.938 bits per heavy atom. The van der Waals surface area contributed by atoms with Crippen LogP contribution in [0.25, 0.3) is 6.08 Å². The van der Waals surface area contributed by atoms with Crippen LogP contribution in [-0.2, 0) is 19.1 Å². The summed E-state index contributed by atoms with van der Waals surface area (Å²) in [5, 5.41) is 4.84. The number of esters is 1. The van der Waals surface area contributed by atoms with E-state index in [0.717, 1.165) is 9.37 Å². The highest BCUT2D eigenvalue weighted by atomic mass is 79.9. The van der Waals surface area contributed by atoms with Crippen molar-refractivity contribution in [3.8, 4) is 5.75 Å². The molecule has 5 rings (SSSR count). The van der Waals surface area contributed by atoms with Gasteiger partial charge >= 0.3 is 5.97 Å². The molecule has 2 N–H and O–H groups in total. The van der Waals surface area contributed by atoms with Crippen LogP contribution >= 0.6 is 27.7 Å². The average Bonchev–Trinajstić information content (AvgIpc) is 3.36.